The number of rotatable bonds is 3. The lowest BCUT2D eigenvalue weighted by Gasteiger charge is -2.04. The summed E-state index contributed by atoms with van der Waals surface area (Å²) in [7, 11) is 0. The van der Waals surface area contributed by atoms with Gasteiger partial charge in [0.25, 0.3) is 0 Å². The Morgan fingerprint density at radius 1 is 1.40 bits per heavy atom. The van der Waals surface area contributed by atoms with Gasteiger partial charge in [0.1, 0.15) is 0 Å². The quantitative estimate of drug-likeness (QED) is 0.547. The van der Waals surface area contributed by atoms with Gasteiger partial charge >= 0.3 is 0 Å². The SMILES string of the molecule is C=C(C)OC(C)=CC(C)C. The van der Waals surface area contributed by atoms with E-state index in [1.165, 1.54) is 0 Å². The third-order valence-electron chi connectivity index (χ3n) is 0.903. The number of allylic oxidation sites excluding steroid dienone is 3. The highest BCUT2D eigenvalue weighted by Crippen LogP contribution is 2.06. The molecule has 0 unspecified atom stereocenters. The van der Waals surface area contributed by atoms with Crippen LogP contribution in [0.2, 0.25) is 0 Å². The molecule has 0 atom stereocenters. The molecule has 0 aromatic heterocycles. The monoisotopic (exact) mass is 140 g/mol. The second kappa shape index (κ2) is 4.15. The van der Waals surface area contributed by atoms with Crippen LogP contribution in [0.4, 0.5) is 0 Å². The van der Waals surface area contributed by atoms with Crippen molar-refractivity contribution in [3.63, 3.8) is 0 Å². The summed E-state index contributed by atoms with van der Waals surface area (Å²) in [5.41, 5.74) is 0. The molecule has 1 nitrogen and oxygen atoms in total. The highest BCUT2D eigenvalue weighted by molar-refractivity contribution is 4.95. The first-order valence-electron chi connectivity index (χ1n) is 3.54. The molecule has 10 heavy (non-hydrogen) atoms. The Hall–Kier alpha value is -0.720. The van der Waals surface area contributed by atoms with E-state index < -0.39 is 0 Å². The summed E-state index contributed by atoms with van der Waals surface area (Å²) in [6.45, 7) is 11.7. The Balaban J connectivity index is 3.82. The maximum atomic E-state index is 5.23. The lowest BCUT2D eigenvalue weighted by atomic mass is 10.2. The summed E-state index contributed by atoms with van der Waals surface area (Å²) in [6.07, 6.45) is 2.06. The molecule has 0 bridgehead atoms. The normalized spacial score (nSPS) is 11.9. The minimum absolute atomic E-state index is 0.541. The molecule has 0 rings (SSSR count). The first kappa shape index (κ1) is 9.28. The summed E-state index contributed by atoms with van der Waals surface area (Å²) in [5.74, 6) is 2.22. The Bertz CT molecular complexity index is 143. The van der Waals surface area contributed by atoms with Crippen molar-refractivity contribution in [2.24, 2.45) is 5.92 Å². The molecule has 0 aliphatic rings. The van der Waals surface area contributed by atoms with Crippen LogP contribution in [0.3, 0.4) is 0 Å². The van der Waals surface area contributed by atoms with E-state index in [-0.39, 0.29) is 0 Å². The highest BCUT2D eigenvalue weighted by Gasteiger charge is 1.91. The van der Waals surface area contributed by atoms with Gasteiger partial charge in [-0.1, -0.05) is 20.4 Å². The maximum Gasteiger partial charge on any atom is 0.0967 e. The van der Waals surface area contributed by atoms with Crippen LogP contribution in [0.25, 0.3) is 0 Å². The van der Waals surface area contributed by atoms with Gasteiger partial charge in [-0.15, -0.1) is 0 Å². The molecule has 0 amide bonds. The van der Waals surface area contributed by atoms with E-state index in [0.717, 1.165) is 11.5 Å². The molecular weight excluding hydrogens is 124 g/mol. The van der Waals surface area contributed by atoms with Gasteiger partial charge in [-0.2, -0.15) is 0 Å². The number of hydrogen-bond donors (Lipinski definition) is 0. The Morgan fingerprint density at radius 2 is 1.90 bits per heavy atom. The molecule has 0 fully saturated rings. The van der Waals surface area contributed by atoms with Crippen molar-refractivity contribution in [3.8, 4) is 0 Å². The van der Waals surface area contributed by atoms with Crippen LogP contribution < -0.4 is 0 Å². The summed E-state index contributed by atoms with van der Waals surface area (Å²) < 4.78 is 5.23. The largest absolute Gasteiger partial charge is 0.468 e. The van der Waals surface area contributed by atoms with E-state index in [1.54, 1.807) is 0 Å². The Labute approximate surface area is 63.4 Å². The van der Waals surface area contributed by atoms with E-state index in [0.29, 0.717) is 5.92 Å². The zero-order valence-corrected chi connectivity index (χ0v) is 7.27. The molecule has 0 aromatic carbocycles. The number of hydrogen-bond acceptors (Lipinski definition) is 1. The van der Waals surface area contributed by atoms with Crippen molar-refractivity contribution < 1.29 is 4.74 Å². The van der Waals surface area contributed by atoms with Crippen molar-refractivity contribution in [3.05, 3.63) is 24.2 Å². The van der Waals surface area contributed by atoms with Gasteiger partial charge in [0.2, 0.25) is 0 Å². The first-order chi connectivity index (χ1) is 4.52. The molecule has 0 radical (unpaired) electrons. The standard InChI is InChI=1S/C9H16O/c1-7(2)6-9(5)10-8(3)4/h6-7H,3H2,1-2,4-5H3. The van der Waals surface area contributed by atoms with Crippen molar-refractivity contribution in [2.75, 3.05) is 0 Å². The predicted octanol–water partition coefficient (Wildman–Crippen LogP) is 3.10. The molecule has 0 spiro atoms. The third kappa shape index (κ3) is 5.42. The fourth-order valence-corrected chi connectivity index (χ4v) is 0.778. The average molecular weight is 140 g/mol. The summed E-state index contributed by atoms with van der Waals surface area (Å²) in [6, 6.07) is 0. The molecule has 0 aliphatic heterocycles. The Kier molecular flexibility index (Phi) is 3.85. The van der Waals surface area contributed by atoms with Crippen LogP contribution >= 0.6 is 0 Å². The van der Waals surface area contributed by atoms with Crippen molar-refractivity contribution in [2.45, 2.75) is 27.7 Å². The Morgan fingerprint density at radius 3 is 2.20 bits per heavy atom. The summed E-state index contributed by atoms with van der Waals surface area (Å²) >= 11 is 0. The molecule has 0 saturated carbocycles. The second-order valence-electron chi connectivity index (χ2n) is 2.83. The first-order valence-corrected chi connectivity index (χ1v) is 3.54. The van der Waals surface area contributed by atoms with E-state index in [4.69, 9.17) is 4.74 Å². The minimum atomic E-state index is 0.541. The van der Waals surface area contributed by atoms with Crippen LogP contribution in [-0.4, -0.2) is 0 Å². The summed E-state index contributed by atoms with van der Waals surface area (Å²) in [5, 5.41) is 0. The maximum absolute atomic E-state index is 5.23. The van der Waals surface area contributed by atoms with E-state index >= 15 is 0 Å². The van der Waals surface area contributed by atoms with Crippen LogP contribution in [0.15, 0.2) is 24.2 Å². The predicted molar refractivity (Wildman–Crippen MR) is 44.5 cm³/mol. The highest BCUT2D eigenvalue weighted by atomic mass is 16.5. The van der Waals surface area contributed by atoms with Gasteiger partial charge in [0, 0.05) is 0 Å². The lowest BCUT2D eigenvalue weighted by Crippen LogP contribution is -1.87. The fourth-order valence-electron chi connectivity index (χ4n) is 0.778. The molecular formula is C9H16O. The molecule has 0 aliphatic carbocycles. The van der Waals surface area contributed by atoms with Crippen LogP contribution in [0, 0.1) is 5.92 Å². The van der Waals surface area contributed by atoms with Crippen molar-refractivity contribution in [1.82, 2.24) is 0 Å². The van der Waals surface area contributed by atoms with E-state index in [1.807, 2.05) is 13.8 Å². The van der Waals surface area contributed by atoms with Crippen molar-refractivity contribution >= 4 is 0 Å². The van der Waals surface area contributed by atoms with E-state index in [9.17, 15) is 0 Å². The van der Waals surface area contributed by atoms with Gasteiger partial charge in [0.05, 0.1) is 11.5 Å². The number of ether oxygens (including phenoxy) is 1. The van der Waals surface area contributed by atoms with Gasteiger partial charge in [-0.05, 0) is 25.8 Å². The zero-order chi connectivity index (χ0) is 8.15. The van der Waals surface area contributed by atoms with Crippen molar-refractivity contribution in [1.29, 1.82) is 0 Å². The van der Waals surface area contributed by atoms with Gasteiger partial charge < -0.3 is 4.74 Å². The third-order valence-corrected chi connectivity index (χ3v) is 0.903. The molecule has 1 heteroatoms. The van der Waals surface area contributed by atoms with Gasteiger partial charge in [-0.25, -0.2) is 0 Å². The molecule has 0 N–H and O–H groups in total. The molecule has 0 heterocycles. The average Bonchev–Trinajstić information content (AvgIpc) is 1.58. The molecule has 58 valence electrons. The lowest BCUT2D eigenvalue weighted by molar-refractivity contribution is 0.307. The van der Waals surface area contributed by atoms with Gasteiger partial charge in [-0.3, -0.25) is 0 Å². The smallest absolute Gasteiger partial charge is 0.0967 e. The summed E-state index contributed by atoms with van der Waals surface area (Å²) in [4.78, 5) is 0. The fraction of sp³-hybridized carbons (Fsp3) is 0.556. The van der Waals surface area contributed by atoms with Gasteiger partial charge in [0.15, 0.2) is 0 Å². The zero-order valence-electron chi connectivity index (χ0n) is 7.27. The molecule has 0 aromatic rings. The second-order valence-corrected chi connectivity index (χ2v) is 2.83. The molecule has 0 saturated heterocycles. The van der Waals surface area contributed by atoms with Crippen LogP contribution in [0.5, 0.6) is 0 Å². The minimum Gasteiger partial charge on any atom is -0.468 e. The van der Waals surface area contributed by atoms with Crippen LogP contribution in [0.1, 0.15) is 27.7 Å². The topological polar surface area (TPSA) is 9.23 Å². The van der Waals surface area contributed by atoms with E-state index in [2.05, 4.69) is 26.5 Å². The van der Waals surface area contributed by atoms with Crippen LogP contribution in [-0.2, 0) is 4.74 Å².